The number of H-pyrrole nitrogens is 1. The van der Waals surface area contributed by atoms with Crippen molar-refractivity contribution in [3.05, 3.63) is 40.2 Å². The largest absolute Gasteiger partial charge is 0.506 e. The quantitative estimate of drug-likeness (QED) is 0.642. The van der Waals surface area contributed by atoms with Crippen LogP contribution >= 0.6 is 0 Å². The summed E-state index contributed by atoms with van der Waals surface area (Å²) >= 11 is 0. The fourth-order valence-electron chi connectivity index (χ4n) is 3.18. The van der Waals surface area contributed by atoms with E-state index in [2.05, 4.69) is 10.3 Å². The van der Waals surface area contributed by atoms with Crippen LogP contribution in [0.1, 0.15) is 29.6 Å². The topological polar surface area (TPSA) is 86.6 Å². The number of aromatic nitrogens is 1. The minimum atomic E-state index is -0.566. The molecule has 1 amide bonds. The van der Waals surface area contributed by atoms with E-state index in [0.29, 0.717) is 17.4 Å². The van der Waals surface area contributed by atoms with Crippen LogP contribution in [0.5, 0.6) is 5.75 Å². The SMILES string of the molecule is O=C(NCC[NH+]1CCCCC1)c1c(O)c2ccccc2[nH]c1=O. The minimum Gasteiger partial charge on any atom is -0.506 e. The monoisotopic (exact) mass is 316 g/mol. The van der Waals surface area contributed by atoms with Crippen LogP contribution in [0.15, 0.2) is 29.1 Å². The number of likely N-dealkylation sites (tertiary alicyclic amines) is 1. The summed E-state index contributed by atoms with van der Waals surface area (Å²) in [6.45, 7) is 3.62. The molecule has 0 radical (unpaired) electrons. The van der Waals surface area contributed by atoms with Gasteiger partial charge in [0, 0.05) is 5.39 Å². The lowest BCUT2D eigenvalue weighted by Gasteiger charge is -2.23. The van der Waals surface area contributed by atoms with Gasteiger partial charge in [0.05, 0.1) is 31.7 Å². The highest BCUT2D eigenvalue weighted by Gasteiger charge is 2.19. The first kappa shape index (κ1) is 15.6. The number of para-hydroxylation sites is 1. The van der Waals surface area contributed by atoms with Crippen LogP contribution in [0.2, 0.25) is 0 Å². The van der Waals surface area contributed by atoms with E-state index in [1.54, 1.807) is 24.3 Å². The van der Waals surface area contributed by atoms with Crippen molar-refractivity contribution in [2.45, 2.75) is 19.3 Å². The van der Waals surface area contributed by atoms with Crippen molar-refractivity contribution in [2.75, 3.05) is 26.2 Å². The Labute approximate surface area is 134 Å². The molecule has 4 N–H and O–H groups in total. The molecule has 0 spiro atoms. The van der Waals surface area contributed by atoms with Gasteiger partial charge in [0.15, 0.2) is 0 Å². The fourth-order valence-corrected chi connectivity index (χ4v) is 3.18. The number of pyridine rings is 1. The molecule has 1 aliphatic heterocycles. The van der Waals surface area contributed by atoms with Gasteiger partial charge in [-0.1, -0.05) is 12.1 Å². The summed E-state index contributed by atoms with van der Waals surface area (Å²) in [5.74, 6) is -0.780. The van der Waals surface area contributed by atoms with E-state index in [4.69, 9.17) is 0 Å². The van der Waals surface area contributed by atoms with E-state index in [0.717, 1.165) is 19.6 Å². The van der Waals surface area contributed by atoms with Crippen LogP contribution in [-0.4, -0.2) is 42.2 Å². The molecule has 0 atom stereocenters. The fraction of sp³-hybridized carbons (Fsp3) is 0.412. The summed E-state index contributed by atoms with van der Waals surface area (Å²) in [5.41, 5.74) is -0.259. The van der Waals surface area contributed by atoms with Gasteiger partial charge in [-0.25, -0.2) is 0 Å². The summed E-state index contributed by atoms with van der Waals surface area (Å²) in [6.07, 6.45) is 3.75. The van der Waals surface area contributed by atoms with Gasteiger partial charge in [0.2, 0.25) is 0 Å². The summed E-state index contributed by atoms with van der Waals surface area (Å²) in [7, 11) is 0. The van der Waals surface area contributed by atoms with E-state index in [9.17, 15) is 14.7 Å². The Bertz CT molecular complexity index is 763. The highest BCUT2D eigenvalue weighted by molar-refractivity contribution is 6.01. The zero-order valence-corrected chi connectivity index (χ0v) is 13.0. The van der Waals surface area contributed by atoms with Crippen LogP contribution in [0.4, 0.5) is 0 Å². The normalized spacial score (nSPS) is 15.7. The molecule has 1 aliphatic rings. The maximum atomic E-state index is 12.3. The minimum absolute atomic E-state index is 0.211. The number of nitrogens with one attached hydrogen (secondary N) is 3. The maximum absolute atomic E-state index is 12.3. The van der Waals surface area contributed by atoms with Crippen molar-refractivity contribution < 1.29 is 14.8 Å². The number of hydrogen-bond acceptors (Lipinski definition) is 3. The van der Waals surface area contributed by atoms with Crippen LogP contribution in [-0.2, 0) is 0 Å². The molecule has 0 bridgehead atoms. The molecule has 3 rings (SSSR count). The molecule has 1 aromatic carbocycles. The molecular weight excluding hydrogens is 294 g/mol. The Morgan fingerprint density at radius 3 is 2.74 bits per heavy atom. The number of carbonyl (C=O) groups excluding carboxylic acids is 1. The zero-order valence-electron chi connectivity index (χ0n) is 13.0. The van der Waals surface area contributed by atoms with Crippen molar-refractivity contribution in [1.29, 1.82) is 0 Å². The lowest BCUT2D eigenvalue weighted by atomic mass is 10.1. The molecule has 6 heteroatoms. The van der Waals surface area contributed by atoms with Gasteiger partial charge in [-0.15, -0.1) is 0 Å². The molecule has 2 heterocycles. The second kappa shape index (κ2) is 6.83. The Balaban J connectivity index is 1.71. The average Bonchev–Trinajstić information content (AvgIpc) is 2.56. The van der Waals surface area contributed by atoms with Crippen molar-refractivity contribution >= 4 is 16.8 Å². The number of rotatable bonds is 4. The lowest BCUT2D eigenvalue weighted by Crippen LogP contribution is -3.13. The molecule has 0 aliphatic carbocycles. The van der Waals surface area contributed by atoms with Crippen LogP contribution < -0.4 is 15.8 Å². The second-order valence-electron chi connectivity index (χ2n) is 6.04. The number of aromatic amines is 1. The van der Waals surface area contributed by atoms with Crippen molar-refractivity contribution in [2.24, 2.45) is 0 Å². The van der Waals surface area contributed by atoms with Crippen LogP contribution in [0.3, 0.4) is 0 Å². The summed E-state index contributed by atoms with van der Waals surface area (Å²) in [4.78, 5) is 28.5. The van der Waals surface area contributed by atoms with E-state index < -0.39 is 11.5 Å². The number of fused-ring (bicyclic) bond motifs is 1. The molecule has 23 heavy (non-hydrogen) atoms. The summed E-state index contributed by atoms with van der Waals surface area (Å²) < 4.78 is 0. The number of benzene rings is 1. The van der Waals surface area contributed by atoms with Gasteiger partial charge in [0.1, 0.15) is 11.3 Å². The highest BCUT2D eigenvalue weighted by atomic mass is 16.3. The average molecular weight is 316 g/mol. The molecule has 122 valence electrons. The molecule has 0 saturated carbocycles. The molecular formula is C17H22N3O3+. The van der Waals surface area contributed by atoms with Crippen molar-refractivity contribution in [3.63, 3.8) is 0 Å². The van der Waals surface area contributed by atoms with Crippen molar-refractivity contribution in [1.82, 2.24) is 10.3 Å². The van der Waals surface area contributed by atoms with Gasteiger partial charge in [-0.3, -0.25) is 9.59 Å². The molecule has 6 nitrogen and oxygen atoms in total. The first-order chi connectivity index (χ1) is 11.2. The number of carbonyl (C=O) groups is 1. The van der Waals surface area contributed by atoms with E-state index in [1.807, 2.05) is 0 Å². The number of quaternary nitrogens is 1. The third-order valence-corrected chi connectivity index (χ3v) is 4.45. The predicted molar refractivity (Wildman–Crippen MR) is 88.0 cm³/mol. The third kappa shape index (κ3) is 3.37. The second-order valence-corrected chi connectivity index (χ2v) is 6.04. The molecule has 1 fully saturated rings. The standard InChI is InChI=1S/C17H21N3O3/c21-15-12-6-2-3-7-13(12)19-17(23)14(15)16(22)18-8-11-20-9-4-1-5-10-20/h2-3,6-7H,1,4-5,8-11H2,(H,18,22)(H2,19,21,23)/p+1. The molecule has 2 aromatic rings. The van der Waals surface area contributed by atoms with Crippen molar-refractivity contribution in [3.8, 4) is 5.75 Å². The predicted octanol–water partition coefficient (Wildman–Crippen LogP) is 0.0323. The van der Waals surface area contributed by atoms with E-state index in [1.165, 1.54) is 24.2 Å². The Morgan fingerprint density at radius 1 is 1.22 bits per heavy atom. The third-order valence-electron chi connectivity index (χ3n) is 4.45. The smallest absolute Gasteiger partial charge is 0.265 e. The van der Waals surface area contributed by atoms with Gasteiger partial charge in [0.25, 0.3) is 11.5 Å². The number of piperidine rings is 1. The Morgan fingerprint density at radius 2 is 1.96 bits per heavy atom. The van der Waals surface area contributed by atoms with Crippen LogP contribution in [0.25, 0.3) is 10.9 Å². The Kier molecular flexibility index (Phi) is 4.62. The zero-order chi connectivity index (χ0) is 16.2. The first-order valence-corrected chi connectivity index (χ1v) is 8.12. The summed E-state index contributed by atoms with van der Waals surface area (Å²) in [6, 6.07) is 6.88. The number of amides is 1. The van der Waals surface area contributed by atoms with Gasteiger partial charge in [-0.2, -0.15) is 0 Å². The van der Waals surface area contributed by atoms with Gasteiger partial charge in [-0.05, 0) is 31.4 Å². The highest BCUT2D eigenvalue weighted by Crippen LogP contribution is 2.24. The van der Waals surface area contributed by atoms with Crippen LogP contribution in [0, 0.1) is 0 Å². The summed E-state index contributed by atoms with van der Waals surface area (Å²) in [5, 5.41) is 13.5. The van der Waals surface area contributed by atoms with E-state index >= 15 is 0 Å². The maximum Gasteiger partial charge on any atom is 0.265 e. The number of hydrogen-bond donors (Lipinski definition) is 4. The number of aromatic hydroxyl groups is 1. The van der Waals surface area contributed by atoms with E-state index in [-0.39, 0.29) is 11.3 Å². The lowest BCUT2D eigenvalue weighted by molar-refractivity contribution is -0.903. The Hall–Kier alpha value is -2.34. The molecule has 1 saturated heterocycles. The first-order valence-electron chi connectivity index (χ1n) is 8.12. The van der Waals surface area contributed by atoms with Gasteiger partial charge >= 0.3 is 0 Å². The van der Waals surface area contributed by atoms with Gasteiger partial charge < -0.3 is 20.3 Å². The molecule has 0 unspecified atom stereocenters. The molecule has 1 aromatic heterocycles.